The van der Waals surface area contributed by atoms with E-state index in [1.54, 1.807) is 48.5 Å². The fraction of sp³-hybridized carbons (Fsp3) is 0.111. The maximum atomic E-state index is 13.4. The molecule has 0 fully saturated rings. The Kier molecular flexibility index (Phi) is 8.47. The van der Waals surface area contributed by atoms with Crippen LogP contribution >= 0.6 is 34.8 Å². The molecule has 0 radical (unpaired) electrons. The summed E-state index contributed by atoms with van der Waals surface area (Å²) in [4.78, 5) is 12.9. The number of hydrogen-bond acceptors (Lipinski definition) is 4. The first-order valence-corrected chi connectivity index (χ1v) is 13.9. The van der Waals surface area contributed by atoms with E-state index in [0.29, 0.717) is 20.8 Å². The predicted molar refractivity (Wildman–Crippen MR) is 153 cm³/mol. The lowest BCUT2D eigenvalue weighted by Gasteiger charge is -2.23. The van der Waals surface area contributed by atoms with E-state index in [1.165, 1.54) is 30.5 Å². The third kappa shape index (κ3) is 6.05. The van der Waals surface area contributed by atoms with Gasteiger partial charge >= 0.3 is 0 Å². The van der Waals surface area contributed by atoms with Crippen LogP contribution in [0, 0.1) is 13.8 Å². The Hall–Kier alpha value is -3.30. The van der Waals surface area contributed by atoms with Crippen molar-refractivity contribution >= 4 is 62.6 Å². The standard InChI is InChI=1S/C27H23Cl3N4O3S/c1-18-14-20(19(2)34(18)26-15-22(29)10-13-25(26)30)16-31-32-27(35)17-33(23-11-8-21(28)9-12-23)38(36,37)24-6-4-3-5-7-24/h3-16H,17H2,1-2H3,(H,32,35)/b31-16-. The number of nitrogens with zero attached hydrogens (tertiary/aromatic N) is 3. The molecule has 1 N–H and O–H groups in total. The maximum Gasteiger partial charge on any atom is 0.264 e. The quantitative estimate of drug-likeness (QED) is 0.191. The van der Waals surface area contributed by atoms with Gasteiger partial charge in [0.25, 0.3) is 15.9 Å². The Balaban J connectivity index is 1.55. The second-order valence-electron chi connectivity index (χ2n) is 8.35. The summed E-state index contributed by atoms with van der Waals surface area (Å²) in [5, 5.41) is 5.60. The van der Waals surface area contributed by atoms with Crippen molar-refractivity contribution in [3.8, 4) is 5.69 Å². The van der Waals surface area contributed by atoms with E-state index in [2.05, 4.69) is 10.5 Å². The number of nitrogens with one attached hydrogen (secondary N) is 1. The molecule has 1 aromatic heterocycles. The minimum atomic E-state index is -4.04. The Morgan fingerprint density at radius 1 is 0.947 bits per heavy atom. The van der Waals surface area contributed by atoms with Crippen LogP contribution in [-0.2, 0) is 14.8 Å². The highest BCUT2D eigenvalue weighted by Gasteiger charge is 2.27. The number of hydrazone groups is 1. The Bertz CT molecular complexity index is 1600. The number of benzene rings is 3. The number of anilines is 1. The minimum absolute atomic E-state index is 0.0540. The summed E-state index contributed by atoms with van der Waals surface area (Å²) in [5.41, 5.74) is 5.90. The molecular weight excluding hydrogens is 567 g/mol. The lowest BCUT2D eigenvalue weighted by molar-refractivity contribution is -0.119. The number of aryl methyl sites for hydroxylation is 1. The summed E-state index contributed by atoms with van der Waals surface area (Å²) < 4.78 is 29.7. The monoisotopic (exact) mass is 588 g/mol. The largest absolute Gasteiger partial charge is 0.316 e. The zero-order valence-electron chi connectivity index (χ0n) is 20.4. The molecule has 0 aliphatic carbocycles. The van der Waals surface area contributed by atoms with Crippen molar-refractivity contribution in [1.82, 2.24) is 9.99 Å². The predicted octanol–water partition coefficient (Wildman–Crippen LogP) is 6.40. The van der Waals surface area contributed by atoms with Gasteiger partial charge in [-0.05, 0) is 74.5 Å². The summed E-state index contributed by atoms with van der Waals surface area (Å²) in [6, 6.07) is 21.2. The highest BCUT2D eigenvalue weighted by atomic mass is 35.5. The van der Waals surface area contributed by atoms with Crippen LogP contribution in [0.3, 0.4) is 0 Å². The molecule has 0 saturated carbocycles. The average molecular weight is 590 g/mol. The first-order valence-electron chi connectivity index (χ1n) is 11.4. The fourth-order valence-electron chi connectivity index (χ4n) is 3.93. The van der Waals surface area contributed by atoms with Crippen LogP contribution in [0.15, 0.2) is 88.9 Å². The number of aromatic nitrogens is 1. The molecule has 3 aromatic carbocycles. The normalized spacial score (nSPS) is 11.6. The van der Waals surface area contributed by atoms with Crippen LogP contribution in [0.5, 0.6) is 0 Å². The molecule has 38 heavy (non-hydrogen) atoms. The lowest BCUT2D eigenvalue weighted by atomic mass is 10.2. The molecule has 0 unspecified atom stereocenters. The van der Waals surface area contributed by atoms with Gasteiger partial charge in [0.15, 0.2) is 0 Å². The molecule has 0 spiro atoms. The van der Waals surface area contributed by atoms with Crippen molar-refractivity contribution < 1.29 is 13.2 Å². The number of rotatable bonds is 8. The molecule has 4 rings (SSSR count). The Morgan fingerprint density at radius 2 is 1.61 bits per heavy atom. The molecule has 7 nitrogen and oxygen atoms in total. The van der Waals surface area contributed by atoms with E-state index in [-0.39, 0.29) is 4.90 Å². The SMILES string of the molecule is Cc1cc(/C=N\NC(=O)CN(c2ccc(Cl)cc2)S(=O)(=O)c2ccccc2)c(C)n1-c1cc(Cl)ccc1Cl. The highest BCUT2D eigenvalue weighted by Crippen LogP contribution is 2.29. The summed E-state index contributed by atoms with van der Waals surface area (Å²) in [7, 11) is -4.04. The van der Waals surface area contributed by atoms with Crippen molar-refractivity contribution in [1.29, 1.82) is 0 Å². The number of halogens is 3. The first-order chi connectivity index (χ1) is 18.1. The van der Waals surface area contributed by atoms with Gasteiger partial charge in [0.1, 0.15) is 6.54 Å². The van der Waals surface area contributed by atoms with Crippen LogP contribution < -0.4 is 9.73 Å². The second kappa shape index (κ2) is 11.6. The van der Waals surface area contributed by atoms with Crippen molar-refractivity contribution in [3.05, 3.63) is 111 Å². The lowest BCUT2D eigenvalue weighted by Crippen LogP contribution is -2.39. The molecule has 11 heteroatoms. The zero-order chi connectivity index (χ0) is 27.4. The van der Waals surface area contributed by atoms with Crippen LogP contribution in [-0.4, -0.2) is 31.7 Å². The van der Waals surface area contributed by atoms with E-state index < -0.39 is 22.5 Å². The third-order valence-corrected chi connectivity index (χ3v) is 8.34. The number of carbonyl (C=O) groups excluding carboxylic acids is 1. The third-order valence-electron chi connectivity index (χ3n) is 5.75. The second-order valence-corrected chi connectivity index (χ2v) is 11.5. The summed E-state index contributed by atoms with van der Waals surface area (Å²) in [6.45, 7) is 3.31. The molecule has 0 atom stereocenters. The van der Waals surface area contributed by atoms with Gasteiger partial charge in [-0.15, -0.1) is 0 Å². The topological polar surface area (TPSA) is 83.8 Å². The van der Waals surface area contributed by atoms with E-state index >= 15 is 0 Å². The fourth-order valence-corrected chi connectivity index (χ4v) is 5.86. The summed E-state index contributed by atoms with van der Waals surface area (Å²) in [6.07, 6.45) is 1.49. The number of sulfonamides is 1. The molecule has 0 aliphatic rings. The van der Waals surface area contributed by atoms with Gasteiger partial charge in [-0.1, -0.05) is 53.0 Å². The van der Waals surface area contributed by atoms with Crippen LogP contribution in [0.1, 0.15) is 17.0 Å². The van der Waals surface area contributed by atoms with Crippen molar-refractivity contribution in [2.24, 2.45) is 5.10 Å². The van der Waals surface area contributed by atoms with Crippen molar-refractivity contribution in [2.75, 3.05) is 10.8 Å². The average Bonchev–Trinajstić information content (AvgIpc) is 3.17. The van der Waals surface area contributed by atoms with Crippen molar-refractivity contribution in [3.63, 3.8) is 0 Å². The van der Waals surface area contributed by atoms with E-state index in [1.807, 2.05) is 24.5 Å². The molecule has 0 saturated heterocycles. The van der Waals surface area contributed by atoms with Gasteiger partial charge in [-0.2, -0.15) is 5.10 Å². The van der Waals surface area contributed by atoms with Gasteiger partial charge in [0, 0.05) is 27.0 Å². The molecule has 0 aliphatic heterocycles. The van der Waals surface area contributed by atoms with E-state index in [9.17, 15) is 13.2 Å². The van der Waals surface area contributed by atoms with Gasteiger partial charge < -0.3 is 4.57 Å². The first kappa shape index (κ1) is 27.7. The Labute approximate surface area is 236 Å². The van der Waals surface area contributed by atoms with Gasteiger partial charge in [-0.3, -0.25) is 9.10 Å². The number of carbonyl (C=O) groups is 1. The highest BCUT2D eigenvalue weighted by molar-refractivity contribution is 7.92. The number of amides is 1. The molecule has 1 amide bonds. The van der Waals surface area contributed by atoms with Crippen molar-refractivity contribution in [2.45, 2.75) is 18.7 Å². The van der Waals surface area contributed by atoms with Crippen LogP contribution in [0.2, 0.25) is 15.1 Å². The smallest absolute Gasteiger partial charge is 0.264 e. The minimum Gasteiger partial charge on any atom is -0.316 e. The molecule has 1 heterocycles. The van der Waals surface area contributed by atoms with E-state index in [0.717, 1.165) is 26.9 Å². The Morgan fingerprint density at radius 3 is 2.29 bits per heavy atom. The maximum absolute atomic E-state index is 13.4. The van der Waals surface area contributed by atoms with Crippen LogP contribution in [0.4, 0.5) is 5.69 Å². The molecule has 4 aromatic rings. The summed E-state index contributed by atoms with van der Waals surface area (Å²) >= 11 is 18.5. The summed E-state index contributed by atoms with van der Waals surface area (Å²) in [5.74, 6) is -0.623. The van der Waals surface area contributed by atoms with Gasteiger partial charge in [0.2, 0.25) is 0 Å². The number of hydrogen-bond donors (Lipinski definition) is 1. The van der Waals surface area contributed by atoms with E-state index in [4.69, 9.17) is 34.8 Å². The van der Waals surface area contributed by atoms with Gasteiger partial charge in [0.05, 0.1) is 27.5 Å². The molecular formula is C27H23Cl3N4O3S. The molecule has 0 bridgehead atoms. The molecule has 196 valence electrons. The van der Waals surface area contributed by atoms with Crippen LogP contribution in [0.25, 0.3) is 5.69 Å². The zero-order valence-corrected chi connectivity index (χ0v) is 23.5. The van der Waals surface area contributed by atoms with Gasteiger partial charge in [-0.25, -0.2) is 13.8 Å².